The van der Waals surface area contributed by atoms with Crippen LogP contribution in [-0.2, 0) is 0 Å². The Morgan fingerprint density at radius 3 is 0.808 bits per heavy atom. The summed E-state index contributed by atoms with van der Waals surface area (Å²) in [7, 11) is 0. The van der Waals surface area contributed by atoms with Gasteiger partial charge in [0.05, 0.1) is 0 Å². The smallest absolute Gasteiger partial charge is 0.264 e. The lowest BCUT2D eigenvalue weighted by molar-refractivity contribution is -0.980. The van der Waals surface area contributed by atoms with Crippen LogP contribution in [0.15, 0.2) is 0 Å². The lowest BCUT2D eigenvalue weighted by Crippen LogP contribution is -2.60. The van der Waals surface area contributed by atoms with Crippen LogP contribution in [0.4, 0.5) is 0 Å². The Morgan fingerprint density at radius 1 is 0.500 bits per heavy atom. The number of nitro groups is 7. The molecule has 0 aliphatic carbocycles. The van der Waals surface area contributed by atoms with Gasteiger partial charge >= 0.3 is 11.6 Å². The van der Waals surface area contributed by atoms with E-state index in [1.807, 2.05) is 0 Å². The van der Waals surface area contributed by atoms with E-state index in [9.17, 15) is 70.8 Å². The Morgan fingerprint density at radius 2 is 0.692 bits per heavy atom. The molecule has 0 aliphatic rings. The van der Waals surface area contributed by atoms with E-state index in [1.165, 1.54) is 0 Å². The maximum atomic E-state index is 10.9. The van der Waals surface area contributed by atoms with Gasteiger partial charge in [-0.05, 0) is 0 Å². The van der Waals surface area contributed by atoms with Crippen LogP contribution in [0.5, 0.6) is 0 Å². The molecule has 0 spiro atoms. The monoisotopic (exact) mass is 387 g/mol. The van der Waals surface area contributed by atoms with Gasteiger partial charge in [-0.1, -0.05) is 0 Å². The van der Waals surface area contributed by atoms with E-state index in [2.05, 4.69) is 0 Å². The van der Waals surface area contributed by atoms with Gasteiger partial charge in [-0.2, -0.15) is 0 Å². The molecule has 0 radical (unpaired) electrons. The molecular weight excluding hydrogens is 382 g/mol. The minimum atomic E-state index is -4.51. The Balaban J connectivity index is 6.37. The van der Waals surface area contributed by atoms with Crippen LogP contribution in [0.3, 0.4) is 0 Å². The summed E-state index contributed by atoms with van der Waals surface area (Å²) in [4.78, 5) is 60.4. The highest BCUT2D eigenvalue weighted by atomic mass is 16.7. The van der Waals surface area contributed by atoms with Crippen molar-refractivity contribution in [2.24, 2.45) is 0 Å². The average Bonchev–Trinajstić information content (AvgIpc) is 2.44. The maximum absolute atomic E-state index is 10.9. The molecular formula is C5H5N7O14. The standard InChI is InChI=1S/C5H5N7O14/c13-6(14)3(1-4(7(15)16,8(17)18)9(19)20)2-5(10(21)22,11(23)24)12(25)26/h3H,1-2H2. The van der Waals surface area contributed by atoms with Crippen molar-refractivity contribution in [3.63, 3.8) is 0 Å². The lowest BCUT2D eigenvalue weighted by Gasteiger charge is -2.13. The van der Waals surface area contributed by atoms with Gasteiger partial charge in [-0.25, -0.2) is 0 Å². The first-order valence-electron chi connectivity index (χ1n) is 5.68. The molecule has 0 aliphatic heterocycles. The molecule has 0 heterocycles. The first-order chi connectivity index (χ1) is 11.7. The summed E-state index contributed by atoms with van der Waals surface area (Å²) in [6.07, 6.45) is -4.66. The second-order valence-electron chi connectivity index (χ2n) is 4.44. The average molecular weight is 387 g/mol. The van der Waals surface area contributed by atoms with E-state index >= 15 is 0 Å². The Bertz CT molecular complexity index is 576. The minimum Gasteiger partial charge on any atom is -0.264 e. The quantitative estimate of drug-likeness (QED) is 0.218. The van der Waals surface area contributed by atoms with Crippen LogP contribution in [0.1, 0.15) is 12.8 Å². The zero-order chi connectivity index (χ0) is 21.0. The molecule has 0 aromatic carbocycles. The summed E-state index contributed by atoms with van der Waals surface area (Å²) in [5.74, 6) is -9.01. The molecule has 26 heavy (non-hydrogen) atoms. The molecule has 0 saturated heterocycles. The van der Waals surface area contributed by atoms with Crippen molar-refractivity contribution in [1.82, 2.24) is 0 Å². The Hall–Kier alpha value is -4.20. The van der Waals surface area contributed by atoms with Crippen molar-refractivity contribution in [3.05, 3.63) is 70.8 Å². The molecule has 0 aromatic heterocycles. The van der Waals surface area contributed by atoms with Crippen molar-refractivity contribution in [2.75, 3.05) is 0 Å². The molecule has 0 amide bonds. The highest BCUT2D eigenvalue weighted by Gasteiger charge is 2.78. The first kappa shape index (κ1) is 21.8. The van der Waals surface area contributed by atoms with E-state index in [0.29, 0.717) is 0 Å². The van der Waals surface area contributed by atoms with E-state index in [4.69, 9.17) is 0 Å². The van der Waals surface area contributed by atoms with E-state index < -0.39 is 64.9 Å². The fourth-order valence-corrected chi connectivity index (χ4v) is 1.70. The fourth-order valence-electron chi connectivity index (χ4n) is 1.70. The summed E-state index contributed by atoms with van der Waals surface area (Å²) in [6.45, 7) is 0. The minimum absolute atomic E-state index is 1.80. The number of rotatable bonds is 11. The Kier molecular flexibility index (Phi) is 5.98. The van der Waals surface area contributed by atoms with Crippen LogP contribution in [0.25, 0.3) is 0 Å². The number of hydrogen-bond acceptors (Lipinski definition) is 14. The van der Waals surface area contributed by atoms with Gasteiger partial charge < -0.3 is 0 Å². The van der Waals surface area contributed by atoms with Gasteiger partial charge in [0.1, 0.15) is 0 Å². The predicted octanol–water partition coefficient (Wildman–Crippen LogP) is -1.62. The number of nitrogens with zero attached hydrogens (tertiary/aromatic N) is 7. The van der Waals surface area contributed by atoms with E-state index in [-0.39, 0.29) is 0 Å². The zero-order valence-corrected chi connectivity index (χ0v) is 11.8. The van der Waals surface area contributed by atoms with Crippen molar-refractivity contribution in [2.45, 2.75) is 30.5 Å². The molecule has 0 atom stereocenters. The van der Waals surface area contributed by atoms with Crippen LogP contribution >= 0.6 is 0 Å². The second kappa shape index (κ2) is 7.14. The third-order valence-electron chi connectivity index (χ3n) is 3.07. The van der Waals surface area contributed by atoms with Crippen LogP contribution in [0, 0.1) is 70.8 Å². The van der Waals surface area contributed by atoms with Crippen molar-refractivity contribution in [1.29, 1.82) is 0 Å². The third-order valence-corrected chi connectivity index (χ3v) is 3.07. The molecule has 0 saturated carbocycles. The van der Waals surface area contributed by atoms with Crippen LogP contribution in [-0.4, -0.2) is 52.1 Å². The molecule has 0 unspecified atom stereocenters. The van der Waals surface area contributed by atoms with Gasteiger partial charge in [-0.3, -0.25) is 70.8 Å². The summed E-state index contributed by atoms with van der Waals surface area (Å²) in [6, 6.07) is -3.13. The lowest BCUT2D eigenvalue weighted by atomic mass is 10.0. The van der Waals surface area contributed by atoms with Gasteiger partial charge in [0.25, 0.3) is 6.04 Å². The van der Waals surface area contributed by atoms with E-state index in [1.54, 1.807) is 0 Å². The van der Waals surface area contributed by atoms with Crippen molar-refractivity contribution in [3.8, 4) is 0 Å². The highest BCUT2D eigenvalue weighted by molar-refractivity contribution is 4.69. The maximum Gasteiger partial charge on any atom is 0.706 e. The topological polar surface area (TPSA) is 302 Å². The largest absolute Gasteiger partial charge is 0.706 e. The van der Waals surface area contributed by atoms with Crippen molar-refractivity contribution < 1.29 is 34.5 Å². The number of hydrogen-bond donors (Lipinski definition) is 0. The van der Waals surface area contributed by atoms with Crippen LogP contribution in [0.2, 0.25) is 0 Å². The SMILES string of the molecule is O=[N+]([O-])C(CC([N+](=O)[O-])([N+](=O)[O-])[N+](=O)[O-])CC([N+](=O)[O-])([N+](=O)[O-])[N+](=O)[O-]. The predicted molar refractivity (Wildman–Crippen MR) is 67.4 cm³/mol. The summed E-state index contributed by atoms with van der Waals surface area (Å²) < 4.78 is 0. The molecule has 144 valence electrons. The summed E-state index contributed by atoms with van der Waals surface area (Å²) >= 11 is 0. The zero-order valence-electron chi connectivity index (χ0n) is 11.8. The normalized spacial score (nSPS) is 11.6. The van der Waals surface area contributed by atoms with Crippen molar-refractivity contribution >= 4 is 0 Å². The highest BCUT2D eigenvalue weighted by Crippen LogP contribution is 2.28. The molecule has 0 N–H and O–H groups in total. The van der Waals surface area contributed by atoms with Gasteiger partial charge in [0, 0.05) is 4.92 Å². The third kappa shape index (κ3) is 3.34. The summed E-state index contributed by atoms with van der Waals surface area (Å²) in [5.41, 5.74) is 0. The summed E-state index contributed by atoms with van der Waals surface area (Å²) in [5, 5.41) is 75.2. The molecule has 0 fully saturated rings. The molecule has 21 heteroatoms. The molecule has 21 nitrogen and oxygen atoms in total. The fraction of sp³-hybridized carbons (Fsp3) is 1.00. The molecule has 0 aromatic rings. The van der Waals surface area contributed by atoms with Crippen LogP contribution < -0.4 is 0 Å². The van der Waals surface area contributed by atoms with Gasteiger partial charge in [-0.15, -0.1) is 0 Å². The first-order valence-corrected chi connectivity index (χ1v) is 5.68. The van der Waals surface area contributed by atoms with Gasteiger partial charge in [0.2, 0.25) is 12.8 Å². The Labute approximate surface area is 137 Å². The molecule has 0 bridgehead atoms. The van der Waals surface area contributed by atoms with E-state index in [0.717, 1.165) is 0 Å². The molecule has 0 rings (SSSR count). The second-order valence-corrected chi connectivity index (χ2v) is 4.44. The van der Waals surface area contributed by atoms with Gasteiger partial charge in [0.15, 0.2) is 29.5 Å².